The molecular formula is C55H65NO14. The topological polar surface area (TPSA) is 218 Å². The molecule has 4 aliphatic rings. The number of benzene rings is 3. The van der Waals surface area contributed by atoms with Crippen molar-refractivity contribution in [3.05, 3.63) is 119 Å². The average molecular weight is 964 g/mol. The van der Waals surface area contributed by atoms with Gasteiger partial charge in [0.05, 0.1) is 23.0 Å². The maximum atomic E-state index is 15.8. The number of esters is 5. The van der Waals surface area contributed by atoms with E-state index >= 15 is 9.59 Å². The summed E-state index contributed by atoms with van der Waals surface area (Å²) in [5.74, 6) is -7.74. The molecule has 3 fully saturated rings. The van der Waals surface area contributed by atoms with Crippen LogP contribution in [0.2, 0.25) is 0 Å². The maximum absolute atomic E-state index is 15.8. The molecule has 7 rings (SSSR count). The van der Waals surface area contributed by atoms with Crippen LogP contribution in [0.5, 0.6) is 0 Å². The Bertz CT molecular complexity index is 2490. The predicted octanol–water partition coefficient (Wildman–Crippen LogP) is 7.27. The normalized spacial score (nSPS) is 29.5. The van der Waals surface area contributed by atoms with Crippen LogP contribution in [0.1, 0.15) is 139 Å². The molecule has 374 valence electrons. The summed E-state index contributed by atoms with van der Waals surface area (Å²) in [4.78, 5) is 99.6. The third-order valence-electron chi connectivity index (χ3n) is 15.5. The largest absolute Gasteiger partial charge is 0.458 e. The first-order valence-corrected chi connectivity index (χ1v) is 24.3. The van der Waals surface area contributed by atoms with E-state index in [4.69, 9.17) is 23.7 Å². The standard InChI is InChI=1S/C55H65NO14/c1-8-9-10-20-27-41(60)68-45(43(35-21-14-11-15-22-35)56-49(62)36-23-16-12-17-24-36)51(64)67-39-31-55(65)48(69-50(63)37-25-18-13-19-26-37)46-53(7,40(59)30-38-28-29-54(38,46)70-34(4)58)47(61)44(66-33(3)57)42(32(39)2)52(55,5)6/h11-19,21-26,38-40,43-46,48,59,65H,8-10,20,27-31H2,1-7H3,(H,56,62)/t38-,39+,40+,43+,44-,45-,46?,48+,53-,54+,55-/m1/s1. The lowest BCUT2D eigenvalue weighted by atomic mass is 9.41. The smallest absolute Gasteiger partial charge is 0.350 e. The highest BCUT2D eigenvalue weighted by molar-refractivity contribution is 5.96. The molecule has 1 amide bonds. The van der Waals surface area contributed by atoms with E-state index in [0.29, 0.717) is 18.4 Å². The molecule has 15 heteroatoms. The zero-order valence-electron chi connectivity index (χ0n) is 40.9. The van der Waals surface area contributed by atoms with Gasteiger partial charge in [0.1, 0.15) is 29.5 Å². The SMILES string of the molecule is CCCCCCC(=O)O[C@@H](C(=O)O[C@H]1C[C@@]2(O)[C@@H](OC(=O)c3ccccc3)C3[C@](C)(C(=O)[C@H](OC(C)=O)C(=C1C)C2(C)C)[C@@H](O)C[C@H]1CC[C@@]31OC(C)=O)[C@@H](NC(=O)c1ccccc1)c1ccccc1. The summed E-state index contributed by atoms with van der Waals surface area (Å²) < 4.78 is 31.2. The van der Waals surface area contributed by atoms with Gasteiger partial charge in [0.15, 0.2) is 11.9 Å². The molecular weight excluding hydrogens is 899 g/mol. The molecule has 70 heavy (non-hydrogen) atoms. The molecule has 0 radical (unpaired) electrons. The molecule has 0 aliphatic heterocycles. The first-order chi connectivity index (χ1) is 33.2. The Morgan fingerprint density at radius 1 is 0.800 bits per heavy atom. The van der Waals surface area contributed by atoms with E-state index in [-0.39, 0.29) is 41.5 Å². The van der Waals surface area contributed by atoms with Gasteiger partial charge in [-0.2, -0.15) is 0 Å². The summed E-state index contributed by atoms with van der Waals surface area (Å²) in [6.07, 6.45) is -5.33. The highest BCUT2D eigenvalue weighted by Gasteiger charge is 2.77. The van der Waals surface area contributed by atoms with Gasteiger partial charge < -0.3 is 39.2 Å². The molecule has 1 unspecified atom stereocenters. The molecule has 4 aliphatic carbocycles. The molecule has 2 bridgehead atoms. The molecule has 0 spiro atoms. The van der Waals surface area contributed by atoms with Crippen LogP contribution >= 0.6 is 0 Å². The van der Waals surface area contributed by atoms with Crippen molar-refractivity contribution in [2.45, 2.75) is 154 Å². The number of hydrogen-bond acceptors (Lipinski definition) is 14. The van der Waals surface area contributed by atoms with Crippen LogP contribution in [0.3, 0.4) is 0 Å². The Morgan fingerprint density at radius 3 is 1.99 bits per heavy atom. The number of rotatable bonds is 16. The number of amides is 1. The molecule has 0 aromatic heterocycles. The summed E-state index contributed by atoms with van der Waals surface area (Å²) in [5, 5.41) is 29.1. The first-order valence-electron chi connectivity index (χ1n) is 24.3. The van der Waals surface area contributed by atoms with Crippen molar-refractivity contribution in [2.75, 3.05) is 0 Å². The summed E-state index contributed by atoms with van der Waals surface area (Å²) in [5.41, 5.74) is -6.66. The van der Waals surface area contributed by atoms with Crippen molar-refractivity contribution in [1.82, 2.24) is 5.32 Å². The number of nitrogens with one attached hydrogen (secondary N) is 1. The number of aliphatic hydroxyl groups excluding tert-OH is 1. The van der Waals surface area contributed by atoms with Gasteiger partial charge in [0, 0.05) is 43.6 Å². The van der Waals surface area contributed by atoms with Gasteiger partial charge in [-0.05, 0) is 80.5 Å². The van der Waals surface area contributed by atoms with Gasteiger partial charge in [0.2, 0.25) is 6.10 Å². The van der Waals surface area contributed by atoms with Crippen molar-refractivity contribution in [1.29, 1.82) is 0 Å². The Kier molecular flexibility index (Phi) is 15.2. The zero-order valence-corrected chi connectivity index (χ0v) is 40.9. The quantitative estimate of drug-likeness (QED) is 0.0557. The third-order valence-corrected chi connectivity index (χ3v) is 15.5. The van der Waals surface area contributed by atoms with E-state index < -0.39 is 118 Å². The lowest BCUT2D eigenvalue weighted by Gasteiger charge is -2.68. The van der Waals surface area contributed by atoms with Gasteiger partial charge >= 0.3 is 29.8 Å². The van der Waals surface area contributed by atoms with Crippen LogP contribution in [0.25, 0.3) is 0 Å². The lowest BCUT2D eigenvalue weighted by Crippen LogP contribution is -2.78. The predicted molar refractivity (Wildman–Crippen MR) is 253 cm³/mol. The number of fused-ring (bicyclic) bond motifs is 5. The zero-order chi connectivity index (χ0) is 50.8. The van der Waals surface area contributed by atoms with Gasteiger partial charge in [-0.3, -0.25) is 24.0 Å². The van der Waals surface area contributed by atoms with Crippen molar-refractivity contribution in [2.24, 2.45) is 22.7 Å². The molecule has 3 aromatic rings. The second-order valence-electron chi connectivity index (χ2n) is 20.1. The average Bonchev–Trinajstić information content (AvgIpc) is 3.32. The van der Waals surface area contributed by atoms with Crippen LogP contribution in [0, 0.1) is 22.7 Å². The van der Waals surface area contributed by atoms with Gasteiger partial charge in [-0.15, -0.1) is 0 Å². The van der Waals surface area contributed by atoms with E-state index in [1.165, 1.54) is 26.0 Å². The van der Waals surface area contributed by atoms with Gasteiger partial charge in [0.25, 0.3) is 5.91 Å². The Labute approximate surface area is 408 Å². The minimum atomic E-state index is -2.38. The van der Waals surface area contributed by atoms with Crippen molar-refractivity contribution >= 4 is 41.5 Å². The Morgan fingerprint density at radius 2 is 1.41 bits per heavy atom. The second-order valence-corrected chi connectivity index (χ2v) is 20.1. The lowest BCUT2D eigenvalue weighted by molar-refractivity contribution is -0.296. The number of aliphatic hydroxyl groups is 2. The molecule has 11 atom stereocenters. The second kappa shape index (κ2) is 20.6. The minimum Gasteiger partial charge on any atom is -0.458 e. The van der Waals surface area contributed by atoms with Crippen LogP contribution in [-0.4, -0.2) is 93.5 Å². The van der Waals surface area contributed by atoms with Crippen LogP contribution < -0.4 is 5.32 Å². The maximum Gasteiger partial charge on any atom is 0.350 e. The van der Waals surface area contributed by atoms with E-state index in [9.17, 15) is 34.2 Å². The molecule has 3 N–H and O–H groups in total. The van der Waals surface area contributed by atoms with Gasteiger partial charge in [-0.1, -0.05) is 107 Å². The fraction of sp³-hybridized carbons (Fsp3) is 0.509. The highest BCUT2D eigenvalue weighted by atomic mass is 16.6. The number of carbonyl (C=O) groups excluding carboxylic acids is 7. The number of ketones is 1. The number of hydrogen-bond donors (Lipinski definition) is 3. The summed E-state index contributed by atoms with van der Waals surface area (Å²) in [6.45, 7) is 10.6. The van der Waals surface area contributed by atoms with E-state index in [1.807, 2.05) is 6.92 Å². The van der Waals surface area contributed by atoms with E-state index in [2.05, 4.69) is 5.32 Å². The van der Waals surface area contributed by atoms with E-state index in [1.54, 1.807) is 99.6 Å². The van der Waals surface area contributed by atoms with Crippen molar-refractivity contribution in [3.8, 4) is 0 Å². The molecule has 15 nitrogen and oxygen atoms in total. The molecule has 3 aromatic carbocycles. The van der Waals surface area contributed by atoms with Crippen molar-refractivity contribution < 1.29 is 67.5 Å². The Hall–Kier alpha value is -6.19. The van der Waals surface area contributed by atoms with Crippen LogP contribution in [0.4, 0.5) is 0 Å². The number of Topliss-reactive ketones (excluding diaryl/α,β-unsaturated/α-hetero) is 1. The first kappa shape index (κ1) is 51.7. The van der Waals surface area contributed by atoms with Crippen LogP contribution in [-0.2, 0) is 47.7 Å². The minimum absolute atomic E-state index is 0.000354. The number of unbranched alkanes of at least 4 members (excludes halogenated alkanes) is 3. The highest BCUT2D eigenvalue weighted by Crippen LogP contribution is 2.67. The summed E-state index contributed by atoms with van der Waals surface area (Å²) in [6, 6.07) is 23.4. The Balaban J connectivity index is 1.41. The number of ether oxygens (including phenoxy) is 5. The molecule has 0 saturated heterocycles. The number of carbonyl (C=O) groups is 7. The molecule has 0 heterocycles. The molecule has 3 saturated carbocycles. The van der Waals surface area contributed by atoms with Gasteiger partial charge in [-0.25, -0.2) is 9.59 Å². The fourth-order valence-corrected chi connectivity index (χ4v) is 11.7. The third kappa shape index (κ3) is 9.54. The monoisotopic (exact) mass is 963 g/mol. The van der Waals surface area contributed by atoms with Crippen molar-refractivity contribution in [3.63, 3.8) is 0 Å². The van der Waals surface area contributed by atoms with Crippen LogP contribution in [0.15, 0.2) is 102 Å². The summed E-state index contributed by atoms with van der Waals surface area (Å²) >= 11 is 0. The summed E-state index contributed by atoms with van der Waals surface area (Å²) in [7, 11) is 0. The fourth-order valence-electron chi connectivity index (χ4n) is 11.7. The van der Waals surface area contributed by atoms with E-state index in [0.717, 1.165) is 26.2 Å².